The summed E-state index contributed by atoms with van der Waals surface area (Å²) in [6.07, 6.45) is 4.20. The topological polar surface area (TPSA) is 17.3 Å². The van der Waals surface area contributed by atoms with Gasteiger partial charge in [0.15, 0.2) is 0 Å². The van der Waals surface area contributed by atoms with Crippen molar-refractivity contribution in [1.29, 1.82) is 0 Å². The van der Waals surface area contributed by atoms with Crippen LogP contribution >= 0.6 is 0 Å². The molecule has 3 rings (SSSR count). The Labute approximate surface area is 120 Å². The number of benzene rings is 1. The summed E-state index contributed by atoms with van der Waals surface area (Å²) in [5.74, 6) is 0. The molecule has 102 valence electrons. The van der Waals surface area contributed by atoms with Gasteiger partial charge in [-0.3, -0.25) is 0 Å². The van der Waals surface area contributed by atoms with E-state index >= 15 is 0 Å². The molecule has 2 aromatic heterocycles. The summed E-state index contributed by atoms with van der Waals surface area (Å²) >= 11 is 0. The number of nitrogens with zero attached hydrogens (tertiary/aromatic N) is 2. The summed E-state index contributed by atoms with van der Waals surface area (Å²) in [5.41, 5.74) is 5.96. The van der Waals surface area contributed by atoms with Crippen LogP contribution in [-0.4, -0.2) is 9.38 Å². The summed E-state index contributed by atoms with van der Waals surface area (Å²) < 4.78 is 2.09. The third-order valence-corrected chi connectivity index (χ3v) is 3.65. The van der Waals surface area contributed by atoms with E-state index in [0.717, 1.165) is 11.3 Å². The fourth-order valence-electron chi connectivity index (χ4n) is 2.38. The fraction of sp³-hybridized carbons (Fsp3) is 0.278. The molecule has 0 unspecified atom stereocenters. The van der Waals surface area contributed by atoms with E-state index in [1.54, 1.807) is 0 Å². The summed E-state index contributed by atoms with van der Waals surface area (Å²) in [5, 5.41) is 0. The highest BCUT2D eigenvalue weighted by atomic mass is 15.0. The van der Waals surface area contributed by atoms with Crippen LogP contribution in [0, 0.1) is 6.92 Å². The highest BCUT2D eigenvalue weighted by molar-refractivity contribution is 5.63. The van der Waals surface area contributed by atoms with Crippen LogP contribution in [-0.2, 0) is 5.41 Å². The van der Waals surface area contributed by atoms with Crippen molar-refractivity contribution in [2.24, 2.45) is 0 Å². The second-order valence-corrected chi connectivity index (χ2v) is 6.43. The third kappa shape index (κ3) is 2.34. The van der Waals surface area contributed by atoms with Crippen LogP contribution in [0.4, 0.5) is 0 Å². The maximum absolute atomic E-state index is 4.68. The molecule has 0 bridgehead atoms. The monoisotopic (exact) mass is 264 g/mol. The Morgan fingerprint density at radius 3 is 2.25 bits per heavy atom. The van der Waals surface area contributed by atoms with Gasteiger partial charge in [0.2, 0.25) is 0 Å². The van der Waals surface area contributed by atoms with Crippen molar-refractivity contribution in [1.82, 2.24) is 9.38 Å². The zero-order chi connectivity index (χ0) is 14.3. The van der Waals surface area contributed by atoms with Gasteiger partial charge < -0.3 is 4.40 Å². The molecule has 3 aromatic rings. The maximum Gasteiger partial charge on any atom is 0.137 e. The molecule has 2 heterocycles. The Kier molecular flexibility index (Phi) is 2.89. The van der Waals surface area contributed by atoms with Gasteiger partial charge in [-0.25, -0.2) is 4.98 Å². The lowest BCUT2D eigenvalue weighted by Gasteiger charge is -2.18. The van der Waals surface area contributed by atoms with Gasteiger partial charge in [-0.1, -0.05) is 51.1 Å². The van der Waals surface area contributed by atoms with E-state index in [1.807, 2.05) is 0 Å². The fourth-order valence-corrected chi connectivity index (χ4v) is 2.38. The van der Waals surface area contributed by atoms with Crippen LogP contribution in [0.15, 0.2) is 48.8 Å². The summed E-state index contributed by atoms with van der Waals surface area (Å²) in [4.78, 5) is 4.68. The molecule has 0 saturated carbocycles. The molecule has 0 atom stereocenters. The van der Waals surface area contributed by atoms with E-state index in [1.165, 1.54) is 16.7 Å². The minimum absolute atomic E-state index is 0.189. The minimum atomic E-state index is 0.189. The van der Waals surface area contributed by atoms with Crippen molar-refractivity contribution in [3.05, 3.63) is 59.9 Å². The van der Waals surface area contributed by atoms with Crippen molar-refractivity contribution in [2.75, 3.05) is 0 Å². The molecule has 0 aliphatic rings. The standard InChI is InChI=1S/C18H20N2/c1-13-5-10-17-19-16(12-20(17)11-13)14-6-8-15(9-7-14)18(2,3)4/h5-12H,1-4H3. The Morgan fingerprint density at radius 1 is 0.900 bits per heavy atom. The van der Waals surface area contributed by atoms with Crippen LogP contribution in [0.1, 0.15) is 31.9 Å². The normalized spacial score (nSPS) is 12.0. The van der Waals surface area contributed by atoms with Gasteiger partial charge >= 0.3 is 0 Å². The van der Waals surface area contributed by atoms with Crippen LogP contribution in [0.5, 0.6) is 0 Å². The average Bonchev–Trinajstić information content (AvgIpc) is 2.80. The van der Waals surface area contributed by atoms with Crippen molar-refractivity contribution in [3.8, 4) is 11.3 Å². The lowest BCUT2D eigenvalue weighted by atomic mass is 9.86. The molecule has 20 heavy (non-hydrogen) atoms. The predicted octanol–water partition coefficient (Wildman–Crippen LogP) is 4.61. The molecule has 0 spiro atoms. The van der Waals surface area contributed by atoms with Gasteiger partial charge in [-0.2, -0.15) is 0 Å². The molecule has 0 aliphatic carbocycles. The first kappa shape index (κ1) is 12.9. The zero-order valence-electron chi connectivity index (χ0n) is 12.5. The molecule has 0 saturated heterocycles. The number of fused-ring (bicyclic) bond motifs is 1. The van der Waals surface area contributed by atoms with E-state index in [-0.39, 0.29) is 5.41 Å². The van der Waals surface area contributed by atoms with Crippen molar-refractivity contribution in [2.45, 2.75) is 33.1 Å². The highest BCUT2D eigenvalue weighted by Crippen LogP contribution is 2.26. The van der Waals surface area contributed by atoms with E-state index in [4.69, 9.17) is 0 Å². The molecule has 2 nitrogen and oxygen atoms in total. The molecular formula is C18H20N2. The Bertz CT molecular complexity index is 743. The van der Waals surface area contributed by atoms with Crippen molar-refractivity contribution >= 4 is 5.65 Å². The first-order chi connectivity index (χ1) is 9.43. The lowest BCUT2D eigenvalue weighted by Crippen LogP contribution is -2.10. The smallest absolute Gasteiger partial charge is 0.137 e. The average molecular weight is 264 g/mol. The first-order valence-electron chi connectivity index (χ1n) is 7.00. The lowest BCUT2D eigenvalue weighted by molar-refractivity contribution is 0.590. The van der Waals surface area contributed by atoms with E-state index < -0.39 is 0 Å². The number of hydrogen-bond acceptors (Lipinski definition) is 1. The number of aromatic nitrogens is 2. The largest absolute Gasteiger partial charge is 0.306 e. The highest BCUT2D eigenvalue weighted by Gasteiger charge is 2.13. The van der Waals surface area contributed by atoms with Crippen LogP contribution in [0.25, 0.3) is 16.9 Å². The van der Waals surface area contributed by atoms with Gasteiger partial charge in [0.25, 0.3) is 0 Å². The Hall–Kier alpha value is -2.09. The number of pyridine rings is 1. The zero-order valence-corrected chi connectivity index (χ0v) is 12.5. The molecule has 0 fully saturated rings. The SMILES string of the molecule is Cc1ccc2nc(-c3ccc(C(C)(C)C)cc3)cn2c1. The summed E-state index contributed by atoms with van der Waals surface area (Å²) in [6, 6.07) is 12.9. The number of hydrogen-bond donors (Lipinski definition) is 0. The van der Waals surface area contributed by atoms with Gasteiger partial charge in [0.05, 0.1) is 5.69 Å². The predicted molar refractivity (Wildman–Crippen MR) is 84.1 cm³/mol. The van der Waals surface area contributed by atoms with E-state index in [9.17, 15) is 0 Å². The van der Waals surface area contributed by atoms with Gasteiger partial charge in [-0.05, 0) is 29.5 Å². The number of aryl methyl sites for hydroxylation is 1. The molecule has 0 N–H and O–H groups in total. The second kappa shape index (κ2) is 4.48. The van der Waals surface area contributed by atoms with E-state index in [2.05, 4.69) is 85.9 Å². The summed E-state index contributed by atoms with van der Waals surface area (Å²) in [7, 11) is 0. The molecular weight excluding hydrogens is 244 g/mol. The van der Waals surface area contributed by atoms with Gasteiger partial charge in [-0.15, -0.1) is 0 Å². The third-order valence-electron chi connectivity index (χ3n) is 3.65. The van der Waals surface area contributed by atoms with E-state index in [0.29, 0.717) is 0 Å². The molecule has 0 amide bonds. The molecule has 2 heteroatoms. The minimum Gasteiger partial charge on any atom is -0.306 e. The maximum atomic E-state index is 4.68. The first-order valence-corrected chi connectivity index (χ1v) is 7.00. The molecule has 0 aliphatic heterocycles. The van der Waals surface area contributed by atoms with Gasteiger partial charge in [0.1, 0.15) is 5.65 Å². The second-order valence-electron chi connectivity index (χ2n) is 6.43. The molecule has 1 aromatic carbocycles. The molecule has 0 radical (unpaired) electrons. The van der Waals surface area contributed by atoms with Crippen molar-refractivity contribution < 1.29 is 0 Å². The Morgan fingerprint density at radius 2 is 1.60 bits per heavy atom. The number of rotatable bonds is 1. The van der Waals surface area contributed by atoms with Crippen LogP contribution in [0.2, 0.25) is 0 Å². The Balaban J connectivity index is 2.02. The van der Waals surface area contributed by atoms with Gasteiger partial charge in [0, 0.05) is 18.0 Å². The summed E-state index contributed by atoms with van der Waals surface area (Å²) in [6.45, 7) is 8.79. The van der Waals surface area contributed by atoms with Crippen molar-refractivity contribution in [3.63, 3.8) is 0 Å². The quantitative estimate of drug-likeness (QED) is 0.627. The van der Waals surface area contributed by atoms with Crippen LogP contribution < -0.4 is 0 Å². The number of imidazole rings is 1. The van der Waals surface area contributed by atoms with Crippen LogP contribution in [0.3, 0.4) is 0 Å².